The third-order valence-corrected chi connectivity index (χ3v) is 4.48. The zero-order chi connectivity index (χ0) is 9.45. The lowest BCUT2D eigenvalue weighted by molar-refractivity contribution is 0.767. The molecule has 0 unspecified atom stereocenters. The Morgan fingerprint density at radius 1 is 1.00 bits per heavy atom. The molecule has 0 amide bonds. The van der Waals surface area contributed by atoms with E-state index < -0.39 is 8.07 Å². The zero-order valence-corrected chi connectivity index (χ0v) is 8.56. The molecule has 0 aliphatic rings. The molecule has 0 rings (SSSR count). The second-order valence-corrected chi connectivity index (χ2v) is 5.97. The predicted octanol–water partition coefficient (Wildman–Crippen LogP) is 2.14. The van der Waals surface area contributed by atoms with Gasteiger partial charge in [-0.25, -0.2) is 0 Å². The molecule has 0 saturated carbocycles. The van der Waals surface area contributed by atoms with Crippen molar-refractivity contribution in [3.63, 3.8) is 0 Å². The summed E-state index contributed by atoms with van der Waals surface area (Å²) >= 11 is 0. The molecule has 0 aliphatic carbocycles. The van der Waals surface area contributed by atoms with Gasteiger partial charge in [-0.1, -0.05) is 26.2 Å². The molecule has 0 spiro atoms. The molecule has 0 radical (unpaired) electrons. The van der Waals surface area contributed by atoms with Crippen LogP contribution in [0, 0.1) is 35.9 Å². The molecule has 0 saturated heterocycles. The molecule has 12 heavy (non-hydrogen) atoms. The fourth-order valence-electron chi connectivity index (χ4n) is 0.982. The van der Waals surface area contributed by atoms with Crippen molar-refractivity contribution in [1.29, 1.82) is 0 Å². The van der Waals surface area contributed by atoms with E-state index in [4.69, 9.17) is 19.3 Å². The summed E-state index contributed by atoms with van der Waals surface area (Å²) in [6.07, 6.45) is 19.4. The summed E-state index contributed by atoms with van der Waals surface area (Å²) in [6.45, 7) is 2.14. The fraction of sp³-hybridized carbons (Fsp3) is 0.455. The Morgan fingerprint density at radius 3 is 1.83 bits per heavy atom. The molecule has 0 aromatic carbocycles. The monoisotopic (exact) mass is 174 g/mol. The smallest absolute Gasteiger partial charge is 0.125 e. The topological polar surface area (TPSA) is 0 Å². The van der Waals surface area contributed by atoms with Crippen molar-refractivity contribution in [2.24, 2.45) is 0 Å². The van der Waals surface area contributed by atoms with Crippen LogP contribution < -0.4 is 0 Å². The number of hydrogen-bond donors (Lipinski definition) is 0. The second-order valence-electron chi connectivity index (χ2n) is 2.80. The molecule has 0 aromatic rings. The molecule has 0 fully saturated rings. The Labute approximate surface area is 76.8 Å². The Balaban J connectivity index is 4.11. The minimum atomic E-state index is -2.17. The average Bonchev–Trinajstić information content (AvgIpc) is 2.14. The van der Waals surface area contributed by atoms with Gasteiger partial charge in [-0.05, 0) is 6.04 Å². The van der Waals surface area contributed by atoms with Gasteiger partial charge in [-0.15, -0.1) is 35.9 Å². The van der Waals surface area contributed by atoms with E-state index in [1.807, 2.05) is 0 Å². The van der Waals surface area contributed by atoms with Gasteiger partial charge in [0, 0.05) is 0 Å². The van der Waals surface area contributed by atoms with Gasteiger partial charge in [0.05, 0.1) is 0 Å². The summed E-state index contributed by atoms with van der Waals surface area (Å²) in [5.74, 6) is 0. The van der Waals surface area contributed by atoms with Crippen LogP contribution in [0.25, 0.3) is 0 Å². The largest absolute Gasteiger partial charge is 0.289 e. The molecular weight excluding hydrogens is 160 g/mol. The number of hydrogen-bond acceptors (Lipinski definition) is 0. The summed E-state index contributed by atoms with van der Waals surface area (Å²) < 4.78 is 0. The molecular formula is C11H14Si. The summed E-state index contributed by atoms with van der Waals surface area (Å²) in [7, 11) is -2.17. The van der Waals surface area contributed by atoms with E-state index in [9.17, 15) is 0 Å². The Bertz CT molecular complexity index is 208. The van der Waals surface area contributed by atoms with Crippen molar-refractivity contribution >= 4 is 8.07 Å². The lowest BCUT2D eigenvalue weighted by atomic mass is 10.3. The first-order chi connectivity index (χ1) is 5.74. The van der Waals surface area contributed by atoms with Gasteiger partial charge in [0.2, 0.25) is 0 Å². The van der Waals surface area contributed by atoms with Crippen molar-refractivity contribution in [2.45, 2.75) is 32.2 Å². The van der Waals surface area contributed by atoms with Crippen LogP contribution in [0.4, 0.5) is 0 Å². The SMILES string of the molecule is C#C[Si](C#C)(C#C)CCCCC. The molecule has 0 atom stereocenters. The van der Waals surface area contributed by atoms with E-state index in [1.165, 1.54) is 12.8 Å². The van der Waals surface area contributed by atoms with Gasteiger partial charge in [-0.2, -0.15) is 0 Å². The van der Waals surface area contributed by atoms with Crippen molar-refractivity contribution in [3.05, 3.63) is 0 Å². The van der Waals surface area contributed by atoms with E-state index in [1.54, 1.807) is 0 Å². The molecule has 0 N–H and O–H groups in total. The number of unbranched alkanes of at least 4 members (excludes halogenated alkanes) is 2. The van der Waals surface area contributed by atoms with E-state index in [0.29, 0.717) is 0 Å². The van der Waals surface area contributed by atoms with Crippen LogP contribution in [0.15, 0.2) is 0 Å². The van der Waals surface area contributed by atoms with Crippen LogP contribution >= 0.6 is 0 Å². The van der Waals surface area contributed by atoms with Crippen LogP contribution in [0.1, 0.15) is 26.2 Å². The second kappa shape index (κ2) is 5.53. The highest BCUT2D eigenvalue weighted by atomic mass is 28.3. The van der Waals surface area contributed by atoms with Crippen molar-refractivity contribution in [2.75, 3.05) is 0 Å². The van der Waals surface area contributed by atoms with Crippen LogP contribution in [0.2, 0.25) is 6.04 Å². The van der Waals surface area contributed by atoms with Crippen molar-refractivity contribution in [3.8, 4) is 35.9 Å². The molecule has 0 nitrogen and oxygen atoms in total. The van der Waals surface area contributed by atoms with Crippen LogP contribution in [-0.4, -0.2) is 8.07 Å². The van der Waals surface area contributed by atoms with Crippen LogP contribution in [0.5, 0.6) is 0 Å². The Hall–Kier alpha value is -1.10. The van der Waals surface area contributed by atoms with Crippen molar-refractivity contribution < 1.29 is 0 Å². The van der Waals surface area contributed by atoms with E-state index in [-0.39, 0.29) is 0 Å². The standard InChI is InChI=1S/C11H14Si/c1-5-9-10-11-12(6-2,7-3)8-4/h2-4H,5,9-11H2,1H3. The highest BCUT2D eigenvalue weighted by molar-refractivity contribution is 7.00. The summed E-state index contributed by atoms with van der Waals surface area (Å²) in [4.78, 5) is 0. The lowest BCUT2D eigenvalue weighted by Gasteiger charge is -2.10. The molecule has 0 bridgehead atoms. The third kappa shape index (κ3) is 2.87. The number of rotatable bonds is 4. The average molecular weight is 174 g/mol. The quantitative estimate of drug-likeness (QED) is 0.348. The lowest BCUT2D eigenvalue weighted by Crippen LogP contribution is -2.29. The predicted molar refractivity (Wildman–Crippen MR) is 56.6 cm³/mol. The molecule has 0 heterocycles. The van der Waals surface area contributed by atoms with Gasteiger partial charge >= 0.3 is 0 Å². The maximum absolute atomic E-state index is 5.34. The van der Waals surface area contributed by atoms with Gasteiger partial charge in [0.15, 0.2) is 0 Å². The van der Waals surface area contributed by atoms with Gasteiger partial charge < -0.3 is 0 Å². The van der Waals surface area contributed by atoms with Crippen LogP contribution in [-0.2, 0) is 0 Å². The minimum absolute atomic E-state index is 0.879. The first kappa shape index (κ1) is 10.9. The normalized spacial score (nSPS) is 9.50. The maximum Gasteiger partial charge on any atom is 0.289 e. The fourth-order valence-corrected chi connectivity index (χ4v) is 2.45. The van der Waals surface area contributed by atoms with Gasteiger partial charge in [0.1, 0.15) is 0 Å². The Morgan fingerprint density at radius 2 is 1.50 bits per heavy atom. The summed E-state index contributed by atoms with van der Waals surface area (Å²) in [5.41, 5.74) is 7.92. The first-order valence-electron chi connectivity index (χ1n) is 4.18. The summed E-state index contributed by atoms with van der Waals surface area (Å²) in [6, 6.07) is 0.879. The molecule has 0 aromatic heterocycles. The van der Waals surface area contributed by atoms with Crippen LogP contribution in [0.3, 0.4) is 0 Å². The first-order valence-corrected chi connectivity index (χ1v) is 6.38. The molecule has 62 valence electrons. The van der Waals surface area contributed by atoms with E-state index in [0.717, 1.165) is 12.5 Å². The minimum Gasteiger partial charge on any atom is -0.125 e. The number of terminal acetylenes is 3. The highest BCUT2D eigenvalue weighted by Gasteiger charge is 2.25. The third-order valence-electron chi connectivity index (χ3n) is 1.89. The Kier molecular flexibility index (Phi) is 5.03. The van der Waals surface area contributed by atoms with E-state index in [2.05, 4.69) is 23.6 Å². The summed E-state index contributed by atoms with van der Waals surface area (Å²) in [5, 5.41) is 0. The molecule has 1 heteroatoms. The maximum atomic E-state index is 5.34. The van der Waals surface area contributed by atoms with Gasteiger partial charge in [-0.3, -0.25) is 0 Å². The van der Waals surface area contributed by atoms with Crippen molar-refractivity contribution in [1.82, 2.24) is 0 Å². The van der Waals surface area contributed by atoms with E-state index >= 15 is 0 Å². The molecule has 0 aliphatic heterocycles. The highest BCUT2D eigenvalue weighted by Crippen LogP contribution is 2.12. The zero-order valence-electron chi connectivity index (χ0n) is 7.56. The van der Waals surface area contributed by atoms with Gasteiger partial charge in [0.25, 0.3) is 8.07 Å².